The van der Waals surface area contributed by atoms with Gasteiger partial charge in [-0.15, -0.1) is 0 Å². The summed E-state index contributed by atoms with van der Waals surface area (Å²) in [5, 5.41) is 4.30. The molecule has 0 saturated carbocycles. The highest BCUT2D eigenvalue weighted by atomic mass is 32.1. The van der Waals surface area contributed by atoms with E-state index < -0.39 is 0 Å². The molecule has 0 spiro atoms. The fourth-order valence-corrected chi connectivity index (χ4v) is 2.96. The first-order valence-corrected chi connectivity index (χ1v) is 8.73. The predicted molar refractivity (Wildman–Crippen MR) is 108 cm³/mol. The second-order valence-corrected chi connectivity index (χ2v) is 6.42. The molecule has 0 fully saturated rings. The molecule has 6 heteroatoms. The fraction of sp³-hybridized carbons (Fsp3) is 0.150. The first kappa shape index (κ1) is 17.8. The number of aromatic nitrogens is 1. The lowest BCUT2D eigenvalue weighted by Gasteiger charge is -2.18. The molecule has 5 nitrogen and oxygen atoms in total. The molecule has 3 aromatic rings. The van der Waals surface area contributed by atoms with Crippen molar-refractivity contribution in [3.05, 3.63) is 77.5 Å². The molecule has 1 atom stereocenters. The number of amides is 1. The number of nitrogens with zero attached hydrogens (tertiary/aromatic N) is 1. The Kier molecular flexibility index (Phi) is 5.43. The Hall–Kier alpha value is -2.99. The van der Waals surface area contributed by atoms with E-state index in [0.29, 0.717) is 10.7 Å². The molecule has 1 heterocycles. The number of nitrogens with one attached hydrogen (secondary N) is 3. The zero-order valence-electron chi connectivity index (χ0n) is 14.6. The van der Waals surface area contributed by atoms with Crippen LogP contribution in [0.4, 0.5) is 0 Å². The number of hydrazine groups is 1. The minimum atomic E-state index is -0.261. The monoisotopic (exact) mass is 364 g/mol. The number of para-hydroxylation sites is 1. The van der Waals surface area contributed by atoms with Gasteiger partial charge in [0.1, 0.15) is 0 Å². The van der Waals surface area contributed by atoms with Crippen molar-refractivity contribution in [1.29, 1.82) is 0 Å². The minimum absolute atomic E-state index is 0.0251. The lowest BCUT2D eigenvalue weighted by atomic mass is 10.1. The van der Waals surface area contributed by atoms with Crippen LogP contribution in [0.15, 0.2) is 60.7 Å². The largest absolute Gasteiger partial charge is 0.355 e. The normalized spacial score (nSPS) is 11.6. The fourth-order valence-electron chi connectivity index (χ4n) is 2.73. The number of benzene rings is 2. The van der Waals surface area contributed by atoms with Crippen molar-refractivity contribution in [2.45, 2.75) is 19.9 Å². The van der Waals surface area contributed by atoms with E-state index >= 15 is 0 Å². The highest BCUT2D eigenvalue weighted by Crippen LogP contribution is 2.18. The van der Waals surface area contributed by atoms with Gasteiger partial charge in [0.2, 0.25) is 0 Å². The molecule has 0 radical (unpaired) electrons. The summed E-state index contributed by atoms with van der Waals surface area (Å²) in [6, 6.07) is 19.3. The van der Waals surface area contributed by atoms with Crippen LogP contribution in [-0.4, -0.2) is 16.0 Å². The number of rotatable bonds is 3. The van der Waals surface area contributed by atoms with Gasteiger partial charge >= 0.3 is 0 Å². The second-order valence-electron chi connectivity index (χ2n) is 6.01. The number of thiocarbonyl (C=S) groups is 1. The number of hydrogen-bond donors (Lipinski definition) is 3. The molecule has 0 aliphatic heterocycles. The van der Waals surface area contributed by atoms with Crippen LogP contribution < -0.4 is 16.2 Å². The smallest absolute Gasteiger partial charge is 0.270 e. The molecule has 0 bridgehead atoms. The highest BCUT2D eigenvalue weighted by Gasteiger charge is 2.12. The standard InChI is InChI=1S/C20H20N4OS/c1-13-12-17(16-10-6-7-11-18(16)21-13)19(25)23-24-20(26)22-14(2)15-8-4-3-5-9-15/h3-12,14H,1-2H3,(H,23,25)(H2,22,24,26)/t14-/m1/s1. The van der Waals surface area contributed by atoms with Crippen molar-refractivity contribution in [3.63, 3.8) is 0 Å². The summed E-state index contributed by atoms with van der Waals surface area (Å²) in [5.41, 5.74) is 8.66. The van der Waals surface area contributed by atoms with Crippen LogP contribution in [0.5, 0.6) is 0 Å². The van der Waals surface area contributed by atoms with Gasteiger partial charge in [-0.25, -0.2) is 0 Å². The van der Waals surface area contributed by atoms with Crippen molar-refractivity contribution >= 4 is 34.1 Å². The third-order valence-corrected chi connectivity index (χ3v) is 4.25. The van der Waals surface area contributed by atoms with Crippen molar-refractivity contribution in [2.24, 2.45) is 0 Å². The lowest BCUT2D eigenvalue weighted by Crippen LogP contribution is -2.47. The number of fused-ring (bicyclic) bond motifs is 1. The average Bonchev–Trinajstić information content (AvgIpc) is 2.66. The van der Waals surface area contributed by atoms with E-state index in [2.05, 4.69) is 21.2 Å². The lowest BCUT2D eigenvalue weighted by molar-refractivity contribution is 0.0945. The van der Waals surface area contributed by atoms with Crippen molar-refractivity contribution in [3.8, 4) is 0 Å². The number of aryl methyl sites for hydroxylation is 1. The summed E-state index contributed by atoms with van der Waals surface area (Å²) in [5.74, 6) is -0.261. The van der Waals surface area contributed by atoms with E-state index in [-0.39, 0.29) is 11.9 Å². The Morgan fingerprint density at radius 2 is 1.73 bits per heavy atom. The molecule has 0 saturated heterocycles. The van der Waals surface area contributed by atoms with E-state index in [1.165, 1.54) is 0 Å². The molecule has 26 heavy (non-hydrogen) atoms. The molecule has 1 amide bonds. The zero-order chi connectivity index (χ0) is 18.5. The van der Waals surface area contributed by atoms with Crippen LogP contribution in [0.3, 0.4) is 0 Å². The van der Waals surface area contributed by atoms with Gasteiger partial charge in [-0.1, -0.05) is 48.5 Å². The van der Waals surface area contributed by atoms with E-state index in [1.807, 2.05) is 68.4 Å². The van der Waals surface area contributed by atoms with Crippen molar-refractivity contribution in [2.75, 3.05) is 0 Å². The molecule has 3 rings (SSSR count). The van der Waals surface area contributed by atoms with Gasteiger partial charge in [0.15, 0.2) is 5.11 Å². The van der Waals surface area contributed by atoms with E-state index in [9.17, 15) is 4.79 Å². The highest BCUT2D eigenvalue weighted by molar-refractivity contribution is 7.80. The van der Waals surface area contributed by atoms with Crippen LogP contribution in [0.2, 0.25) is 0 Å². The SMILES string of the molecule is Cc1cc(C(=O)NNC(=S)N[C@H](C)c2ccccc2)c2ccccc2n1. The summed E-state index contributed by atoms with van der Waals surface area (Å²) in [4.78, 5) is 17.0. The summed E-state index contributed by atoms with van der Waals surface area (Å²) in [6.07, 6.45) is 0. The average molecular weight is 364 g/mol. The van der Waals surface area contributed by atoms with Gasteiger partial charge in [-0.2, -0.15) is 0 Å². The number of pyridine rings is 1. The van der Waals surface area contributed by atoms with Gasteiger partial charge < -0.3 is 5.32 Å². The van der Waals surface area contributed by atoms with Crippen LogP contribution in [-0.2, 0) is 0 Å². The third-order valence-electron chi connectivity index (χ3n) is 4.03. The predicted octanol–water partition coefficient (Wildman–Crippen LogP) is 3.41. The van der Waals surface area contributed by atoms with Crippen molar-refractivity contribution < 1.29 is 4.79 Å². The number of hydrogen-bond acceptors (Lipinski definition) is 3. The van der Waals surface area contributed by atoms with Gasteiger partial charge in [0, 0.05) is 11.1 Å². The number of carbonyl (C=O) groups is 1. The van der Waals surface area contributed by atoms with Crippen LogP contribution in [0.1, 0.15) is 34.6 Å². The van der Waals surface area contributed by atoms with Crippen LogP contribution in [0.25, 0.3) is 10.9 Å². The van der Waals surface area contributed by atoms with Gasteiger partial charge in [0.05, 0.1) is 17.1 Å². The maximum atomic E-state index is 12.6. The molecular weight excluding hydrogens is 344 g/mol. The molecular formula is C20H20N4OS. The second kappa shape index (κ2) is 7.93. The Balaban J connectivity index is 1.65. The van der Waals surface area contributed by atoms with Crippen LogP contribution >= 0.6 is 12.2 Å². The van der Waals surface area contributed by atoms with E-state index in [4.69, 9.17) is 12.2 Å². The van der Waals surface area contributed by atoms with E-state index in [1.54, 1.807) is 6.07 Å². The molecule has 0 aliphatic rings. The number of carbonyl (C=O) groups excluding carboxylic acids is 1. The Labute approximate surface area is 157 Å². The quantitative estimate of drug-likeness (QED) is 0.491. The zero-order valence-corrected chi connectivity index (χ0v) is 15.4. The van der Waals surface area contributed by atoms with Gasteiger partial charge in [-0.3, -0.25) is 20.6 Å². The van der Waals surface area contributed by atoms with E-state index in [0.717, 1.165) is 22.2 Å². The summed E-state index contributed by atoms with van der Waals surface area (Å²) in [6.45, 7) is 3.87. The Bertz CT molecular complexity index is 943. The summed E-state index contributed by atoms with van der Waals surface area (Å²) in [7, 11) is 0. The molecule has 1 aromatic heterocycles. The van der Waals surface area contributed by atoms with Crippen molar-refractivity contribution in [1.82, 2.24) is 21.2 Å². The molecule has 132 valence electrons. The summed E-state index contributed by atoms with van der Waals surface area (Å²) < 4.78 is 0. The van der Waals surface area contributed by atoms with Gasteiger partial charge in [0.25, 0.3) is 5.91 Å². The maximum Gasteiger partial charge on any atom is 0.270 e. The molecule has 2 aromatic carbocycles. The summed E-state index contributed by atoms with van der Waals surface area (Å²) >= 11 is 5.27. The third kappa shape index (κ3) is 4.15. The Morgan fingerprint density at radius 3 is 2.50 bits per heavy atom. The first-order valence-electron chi connectivity index (χ1n) is 8.33. The molecule has 0 unspecified atom stereocenters. The minimum Gasteiger partial charge on any atom is -0.355 e. The Morgan fingerprint density at radius 1 is 1.04 bits per heavy atom. The molecule has 0 aliphatic carbocycles. The molecule has 3 N–H and O–H groups in total. The first-order chi connectivity index (χ1) is 12.5. The topological polar surface area (TPSA) is 66.1 Å². The van der Waals surface area contributed by atoms with Crippen LogP contribution in [0, 0.1) is 6.92 Å². The maximum absolute atomic E-state index is 12.6. The van der Waals surface area contributed by atoms with Gasteiger partial charge in [-0.05, 0) is 43.8 Å².